The van der Waals surface area contributed by atoms with E-state index in [1.54, 1.807) is 0 Å². The fraction of sp³-hybridized carbons (Fsp3) is 0.273. The number of rotatable bonds is 4. The molecule has 0 aliphatic heterocycles. The molecule has 0 fully saturated rings. The molecule has 0 amide bonds. The number of hydrogen-bond donors (Lipinski definition) is 0. The van der Waals surface area contributed by atoms with Gasteiger partial charge in [0, 0.05) is 5.02 Å². The first-order valence-corrected chi connectivity index (χ1v) is 7.88. The van der Waals surface area contributed by atoms with Crippen LogP contribution in [0.4, 0.5) is 0 Å². The predicted molar refractivity (Wildman–Crippen MR) is 65.3 cm³/mol. The molecule has 0 heterocycles. The van der Waals surface area contributed by atoms with Crippen molar-refractivity contribution in [1.29, 1.82) is 0 Å². The second-order valence-electron chi connectivity index (χ2n) is 3.34. The summed E-state index contributed by atoms with van der Waals surface area (Å²) in [4.78, 5) is 0. The highest BCUT2D eigenvalue weighted by molar-refractivity contribution is 6.48. The maximum Gasteiger partial charge on any atom is 0.171 e. The quantitative estimate of drug-likeness (QED) is 0.716. The summed E-state index contributed by atoms with van der Waals surface area (Å²) < 4.78 is 5.51. The molecule has 0 aliphatic carbocycles. The van der Waals surface area contributed by atoms with Crippen molar-refractivity contribution < 1.29 is 4.43 Å². The van der Waals surface area contributed by atoms with Crippen molar-refractivity contribution in [3.8, 4) is 0 Å². The molecule has 0 saturated carbocycles. The van der Waals surface area contributed by atoms with Crippen LogP contribution in [0.25, 0.3) is 6.08 Å². The van der Waals surface area contributed by atoms with Crippen molar-refractivity contribution in [1.82, 2.24) is 0 Å². The van der Waals surface area contributed by atoms with Gasteiger partial charge in [0.25, 0.3) is 0 Å². The first kappa shape index (κ1) is 11.5. The van der Waals surface area contributed by atoms with Gasteiger partial charge < -0.3 is 4.43 Å². The molecular formula is C11H15ClOSi. The van der Waals surface area contributed by atoms with Gasteiger partial charge in [0.1, 0.15) is 0 Å². The Morgan fingerprint density at radius 1 is 1.43 bits per heavy atom. The third-order valence-corrected chi connectivity index (χ3v) is 2.78. The summed E-state index contributed by atoms with van der Waals surface area (Å²) in [6, 6.07) is 7.77. The van der Waals surface area contributed by atoms with Crippen LogP contribution in [0.5, 0.6) is 0 Å². The van der Waals surface area contributed by atoms with Crippen LogP contribution in [0.3, 0.4) is 0 Å². The molecular weight excluding hydrogens is 212 g/mol. The summed E-state index contributed by atoms with van der Waals surface area (Å²) in [5.41, 5.74) is 1.12. The van der Waals surface area contributed by atoms with Gasteiger partial charge >= 0.3 is 0 Å². The molecule has 0 atom stereocenters. The van der Waals surface area contributed by atoms with Crippen LogP contribution < -0.4 is 0 Å². The van der Waals surface area contributed by atoms with Crippen molar-refractivity contribution in [3.05, 3.63) is 40.9 Å². The fourth-order valence-corrected chi connectivity index (χ4v) is 1.74. The lowest BCUT2D eigenvalue weighted by Crippen LogP contribution is -2.06. The third kappa shape index (κ3) is 4.60. The van der Waals surface area contributed by atoms with Crippen molar-refractivity contribution in [3.63, 3.8) is 0 Å². The summed E-state index contributed by atoms with van der Waals surface area (Å²) in [7, 11) is -0.883. The zero-order chi connectivity index (χ0) is 10.4. The van der Waals surface area contributed by atoms with E-state index in [4.69, 9.17) is 16.0 Å². The van der Waals surface area contributed by atoms with Crippen molar-refractivity contribution >= 4 is 26.7 Å². The molecule has 0 saturated heterocycles. The van der Waals surface area contributed by atoms with Gasteiger partial charge in [0.15, 0.2) is 9.04 Å². The Kier molecular flexibility index (Phi) is 4.94. The lowest BCUT2D eigenvalue weighted by atomic mass is 10.2. The molecule has 0 unspecified atom stereocenters. The van der Waals surface area contributed by atoms with E-state index >= 15 is 0 Å². The number of hydrogen-bond acceptors (Lipinski definition) is 1. The summed E-state index contributed by atoms with van der Waals surface area (Å²) in [5.74, 6) is 0. The second kappa shape index (κ2) is 6.01. The van der Waals surface area contributed by atoms with E-state index in [0.717, 1.165) is 10.6 Å². The lowest BCUT2D eigenvalue weighted by molar-refractivity contribution is 0.375. The Morgan fingerprint density at radius 2 is 2.21 bits per heavy atom. The highest BCUT2D eigenvalue weighted by atomic mass is 35.5. The van der Waals surface area contributed by atoms with Gasteiger partial charge in [-0.3, -0.25) is 0 Å². The zero-order valence-electron chi connectivity index (χ0n) is 8.53. The van der Waals surface area contributed by atoms with E-state index in [1.165, 1.54) is 0 Å². The highest BCUT2D eigenvalue weighted by Crippen LogP contribution is 2.11. The summed E-state index contributed by atoms with van der Waals surface area (Å²) in [6.45, 7) is 5.02. The van der Waals surface area contributed by atoms with E-state index in [1.807, 2.05) is 36.4 Å². The predicted octanol–water partition coefficient (Wildman–Crippen LogP) is 3.35. The fourth-order valence-electron chi connectivity index (χ4n) is 1.04. The Balaban J connectivity index is 2.44. The van der Waals surface area contributed by atoms with Crippen LogP contribution in [-0.2, 0) is 4.43 Å². The van der Waals surface area contributed by atoms with Gasteiger partial charge in [-0.2, -0.15) is 0 Å². The molecule has 0 aliphatic rings. The van der Waals surface area contributed by atoms with Crippen molar-refractivity contribution in [2.75, 3.05) is 6.61 Å². The maximum atomic E-state index is 5.85. The minimum atomic E-state index is -0.883. The standard InChI is InChI=1S/C11H15ClOSi/c1-14(2)13-8-4-6-10-5-3-7-11(12)9-10/h3-7,9,14H,8H2,1-2H3. The van der Waals surface area contributed by atoms with Gasteiger partial charge in [-0.05, 0) is 30.8 Å². The topological polar surface area (TPSA) is 9.23 Å². The SMILES string of the molecule is C[SiH](C)OCC=Cc1cccc(Cl)c1. The van der Waals surface area contributed by atoms with E-state index < -0.39 is 9.04 Å². The molecule has 1 rings (SSSR count). The molecule has 0 bridgehead atoms. The van der Waals surface area contributed by atoms with Crippen molar-refractivity contribution in [2.45, 2.75) is 13.1 Å². The monoisotopic (exact) mass is 226 g/mol. The Hall–Kier alpha value is -0.573. The molecule has 14 heavy (non-hydrogen) atoms. The van der Waals surface area contributed by atoms with Gasteiger partial charge in [-0.1, -0.05) is 35.9 Å². The number of halogens is 1. The van der Waals surface area contributed by atoms with Gasteiger partial charge in [0.05, 0.1) is 6.61 Å². The Morgan fingerprint density at radius 3 is 2.86 bits per heavy atom. The minimum Gasteiger partial charge on any atom is -0.417 e. The summed E-state index contributed by atoms with van der Waals surface area (Å²) >= 11 is 5.85. The molecule has 0 spiro atoms. The average molecular weight is 227 g/mol. The van der Waals surface area contributed by atoms with Gasteiger partial charge in [-0.25, -0.2) is 0 Å². The molecule has 1 aromatic carbocycles. The first-order valence-electron chi connectivity index (χ1n) is 4.72. The minimum absolute atomic E-state index is 0.705. The van der Waals surface area contributed by atoms with Crippen LogP contribution in [0, 0.1) is 0 Å². The molecule has 3 heteroatoms. The Bertz CT molecular complexity index is 310. The molecule has 0 radical (unpaired) electrons. The van der Waals surface area contributed by atoms with Crippen LogP contribution in [0.15, 0.2) is 30.3 Å². The maximum absolute atomic E-state index is 5.85. The van der Waals surface area contributed by atoms with Gasteiger partial charge in [0.2, 0.25) is 0 Å². The van der Waals surface area contributed by atoms with E-state index in [-0.39, 0.29) is 0 Å². The largest absolute Gasteiger partial charge is 0.417 e. The van der Waals surface area contributed by atoms with E-state index in [9.17, 15) is 0 Å². The van der Waals surface area contributed by atoms with E-state index in [2.05, 4.69) is 13.1 Å². The Labute approximate surface area is 92.1 Å². The van der Waals surface area contributed by atoms with Crippen LogP contribution >= 0.6 is 11.6 Å². The number of benzene rings is 1. The summed E-state index contributed by atoms with van der Waals surface area (Å²) in [6.07, 6.45) is 4.06. The third-order valence-electron chi connectivity index (χ3n) is 1.68. The van der Waals surface area contributed by atoms with E-state index in [0.29, 0.717) is 6.61 Å². The summed E-state index contributed by atoms with van der Waals surface area (Å²) in [5, 5.41) is 0.770. The molecule has 1 aromatic rings. The van der Waals surface area contributed by atoms with Crippen LogP contribution in [0.1, 0.15) is 5.56 Å². The molecule has 1 nitrogen and oxygen atoms in total. The zero-order valence-corrected chi connectivity index (χ0v) is 10.4. The smallest absolute Gasteiger partial charge is 0.171 e. The van der Waals surface area contributed by atoms with Gasteiger partial charge in [-0.15, -0.1) is 0 Å². The molecule has 0 aromatic heterocycles. The first-order chi connectivity index (χ1) is 6.68. The normalized spacial score (nSPS) is 11.4. The van der Waals surface area contributed by atoms with Crippen LogP contribution in [0.2, 0.25) is 18.1 Å². The average Bonchev–Trinajstić information content (AvgIpc) is 2.12. The molecule has 76 valence electrons. The molecule has 0 N–H and O–H groups in total. The lowest BCUT2D eigenvalue weighted by Gasteiger charge is -2.01. The highest BCUT2D eigenvalue weighted by Gasteiger charge is 1.91. The van der Waals surface area contributed by atoms with Crippen LogP contribution in [-0.4, -0.2) is 15.6 Å². The second-order valence-corrected chi connectivity index (χ2v) is 6.21. The van der Waals surface area contributed by atoms with Crippen molar-refractivity contribution in [2.24, 2.45) is 0 Å².